The first-order valence-corrected chi connectivity index (χ1v) is 22.2. The standard InChI is InChI=1S/C45H45F3N8O5S/c1-27-4-13-39(44(58)51-27)56-25-31-21-28(5-10-34(31)45(56)59)3-2-15-53-17-19-54(20-18-53)33-8-6-29(7-9-33)30-22-35-36(24-50-43(35)49-23-30)42(57)40-37(47)11-12-38(41(40)48)52-62(60,61)55-16-14-32(46)26-55/h5-12,21-24,32,39,52H,1-4,13-20,25-26H2,(H,49,50)(H,51,58)/t32-,39?/m1/s1. The van der Waals surface area contributed by atoms with Gasteiger partial charge in [-0.05, 0) is 91.7 Å². The lowest BCUT2D eigenvalue weighted by molar-refractivity contribution is -0.126. The van der Waals surface area contributed by atoms with Crippen LogP contribution < -0.4 is 14.9 Å². The molecule has 17 heteroatoms. The van der Waals surface area contributed by atoms with Crippen LogP contribution in [0.25, 0.3) is 22.2 Å². The van der Waals surface area contributed by atoms with Crippen molar-refractivity contribution in [3.63, 3.8) is 0 Å². The molecule has 3 fully saturated rings. The smallest absolute Gasteiger partial charge is 0.301 e. The summed E-state index contributed by atoms with van der Waals surface area (Å²) in [5.41, 5.74) is 4.81. The van der Waals surface area contributed by atoms with E-state index in [1.807, 2.05) is 41.1 Å². The van der Waals surface area contributed by atoms with Gasteiger partial charge in [0.25, 0.3) is 5.91 Å². The topological polar surface area (TPSA) is 151 Å². The lowest BCUT2D eigenvalue weighted by Crippen LogP contribution is -2.49. The molecule has 5 aromatic rings. The summed E-state index contributed by atoms with van der Waals surface area (Å²) in [7, 11) is -4.35. The monoisotopic (exact) mass is 866 g/mol. The van der Waals surface area contributed by atoms with Gasteiger partial charge in [-0.3, -0.25) is 24.0 Å². The number of piperidine rings is 1. The van der Waals surface area contributed by atoms with E-state index in [0.717, 1.165) is 78.8 Å². The first kappa shape index (κ1) is 41.3. The van der Waals surface area contributed by atoms with Crippen molar-refractivity contribution in [1.82, 2.24) is 29.4 Å². The number of nitrogens with one attached hydrogen (secondary N) is 3. The summed E-state index contributed by atoms with van der Waals surface area (Å²) >= 11 is 0. The number of anilines is 2. The Hall–Kier alpha value is -6.04. The zero-order chi connectivity index (χ0) is 43.3. The molecule has 0 radical (unpaired) electrons. The third-order valence-electron chi connectivity index (χ3n) is 12.3. The van der Waals surface area contributed by atoms with E-state index in [9.17, 15) is 27.2 Å². The Morgan fingerprint density at radius 3 is 2.48 bits per heavy atom. The van der Waals surface area contributed by atoms with Gasteiger partial charge in [0.1, 0.15) is 23.7 Å². The normalized spacial score (nSPS) is 20.0. The summed E-state index contributed by atoms with van der Waals surface area (Å²) in [6, 6.07) is 17.0. The fourth-order valence-corrected chi connectivity index (χ4v) is 10.2. The minimum absolute atomic E-state index is 0.00484. The van der Waals surface area contributed by atoms with Gasteiger partial charge in [-0.2, -0.15) is 12.7 Å². The number of fused-ring (bicyclic) bond motifs is 2. The van der Waals surface area contributed by atoms with E-state index in [1.165, 1.54) is 11.8 Å². The number of hydrogen-bond acceptors (Lipinski definition) is 8. The summed E-state index contributed by atoms with van der Waals surface area (Å²) in [6.45, 7) is 8.28. The number of halogens is 3. The van der Waals surface area contributed by atoms with Gasteiger partial charge in [0, 0.05) is 91.7 Å². The predicted octanol–water partition coefficient (Wildman–Crippen LogP) is 5.94. The third-order valence-corrected chi connectivity index (χ3v) is 13.8. The number of nitrogens with zero attached hydrogens (tertiary/aromatic N) is 5. The van der Waals surface area contributed by atoms with Crippen LogP contribution in [0.3, 0.4) is 0 Å². The third kappa shape index (κ3) is 8.07. The highest BCUT2D eigenvalue weighted by Gasteiger charge is 2.38. The van der Waals surface area contributed by atoms with E-state index in [1.54, 1.807) is 17.2 Å². The Kier molecular flexibility index (Phi) is 11.1. The number of aryl methyl sites for hydroxylation is 1. The van der Waals surface area contributed by atoms with Gasteiger partial charge in [-0.25, -0.2) is 18.2 Å². The number of pyridine rings is 1. The van der Waals surface area contributed by atoms with Gasteiger partial charge < -0.3 is 20.1 Å². The Morgan fingerprint density at radius 2 is 1.74 bits per heavy atom. The zero-order valence-electron chi connectivity index (χ0n) is 33.8. The van der Waals surface area contributed by atoms with Crippen LogP contribution in [0.15, 0.2) is 85.3 Å². The van der Waals surface area contributed by atoms with E-state index < -0.39 is 51.1 Å². The Bertz CT molecular complexity index is 2720. The first-order valence-electron chi connectivity index (χ1n) is 20.7. The number of aromatic nitrogens is 2. The molecule has 0 bridgehead atoms. The summed E-state index contributed by atoms with van der Waals surface area (Å²) < 4.78 is 73.0. The van der Waals surface area contributed by atoms with E-state index >= 15 is 8.78 Å². The molecule has 322 valence electrons. The molecule has 3 N–H and O–H groups in total. The number of amides is 2. The predicted molar refractivity (Wildman–Crippen MR) is 229 cm³/mol. The van der Waals surface area contributed by atoms with Crippen LogP contribution in [0.1, 0.15) is 63.1 Å². The van der Waals surface area contributed by atoms with Crippen molar-refractivity contribution >= 4 is 50.2 Å². The van der Waals surface area contributed by atoms with Crippen molar-refractivity contribution in [3.8, 4) is 11.1 Å². The van der Waals surface area contributed by atoms with Gasteiger partial charge in [0.05, 0.1) is 11.3 Å². The average Bonchev–Trinajstić information content (AvgIpc) is 3.99. The first-order chi connectivity index (χ1) is 29.8. The molecular formula is C45H45F3N8O5S. The molecule has 2 amide bonds. The number of allylic oxidation sites excluding steroid dienone is 1. The minimum atomic E-state index is -4.35. The van der Waals surface area contributed by atoms with Crippen LogP contribution in [0.5, 0.6) is 0 Å². The lowest BCUT2D eigenvalue weighted by atomic mass is 9.99. The molecule has 2 aromatic heterocycles. The number of alkyl halides is 1. The van der Waals surface area contributed by atoms with Crippen molar-refractivity contribution in [3.05, 3.63) is 125 Å². The molecule has 0 saturated carbocycles. The number of carbonyl (C=O) groups is 3. The molecule has 0 aliphatic carbocycles. The minimum Gasteiger partial charge on any atom is -0.369 e. The Balaban J connectivity index is 0.799. The number of aromatic amines is 1. The number of ketones is 1. The van der Waals surface area contributed by atoms with Gasteiger partial charge >= 0.3 is 10.2 Å². The van der Waals surface area contributed by atoms with Crippen LogP contribution >= 0.6 is 0 Å². The maximum atomic E-state index is 15.7. The second-order valence-electron chi connectivity index (χ2n) is 16.3. The molecule has 4 aliphatic rings. The van der Waals surface area contributed by atoms with E-state index in [4.69, 9.17) is 0 Å². The van der Waals surface area contributed by atoms with Crippen molar-refractivity contribution < 1.29 is 36.0 Å². The van der Waals surface area contributed by atoms with Crippen molar-refractivity contribution in [2.75, 3.05) is 55.4 Å². The summed E-state index contributed by atoms with van der Waals surface area (Å²) in [4.78, 5) is 53.2. The second-order valence-corrected chi connectivity index (χ2v) is 18.0. The zero-order valence-corrected chi connectivity index (χ0v) is 34.6. The number of H-pyrrole nitrogens is 1. The Morgan fingerprint density at radius 1 is 0.952 bits per heavy atom. The van der Waals surface area contributed by atoms with Crippen LogP contribution in [0.4, 0.5) is 24.5 Å². The van der Waals surface area contributed by atoms with Crippen molar-refractivity contribution in [2.24, 2.45) is 0 Å². The molecule has 9 rings (SSSR count). The molecule has 2 atom stereocenters. The number of benzene rings is 3. The van der Waals surface area contributed by atoms with Gasteiger partial charge in [0.2, 0.25) is 11.7 Å². The number of carbonyl (C=O) groups excluding carboxylic acids is 3. The van der Waals surface area contributed by atoms with Crippen LogP contribution in [0.2, 0.25) is 0 Å². The van der Waals surface area contributed by atoms with Gasteiger partial charge in [0.15, 0.2) is 5.82 Å². The number of piperazine rings is 1. The highest BCUT2D eigenvalue weighted by molar-refractivity contribution is 7.90. The molecule has 0 spiro atoms. The molecule has 62 heavy (non-hydrogen) atoms. The highest BCUT2D eigenvalue weighted by Crippen LogP contribution is 2.33. The summed E-state index contributed by atoms with van der Waals surface area (Å²) in [5, 5.41) is 3.12. The quantitative estimate of drug-likeness (QED) is 0.131. The van der Waals surface area contributed by atoms with E-state index in [-0.39, 0.29) is 36.9 Å². The van der Waals surface area contributed by atoms with Crippen molar-refractivity contribution in [2.45, 2.75) is 50.9 Å². The summed E-state index contributed by atoms with van der Waals surface area (Å²) in [5.74, 6) is -3.81. The van der Waals surface area contributed by atoms with Crippen LogP contribution in [-0.2, 0) is 28.0 Å². The Labute approximate surface area is 356 Å². The molecular weight excluding hydrogens is 822 g/mol. The fourth-order valence-electron chi connectivity index (χ4n) is 8.90. The maximum absolute atomic E-state index is 15.7. The molecule has 4 aliphatic heterocycles. The fraction of sp³-hybridized carbons (Fsp3) is 0.333. The lowest BCUT2D eigenvalue weighted by Gasteiger charge is -2.36. The summed E-state index contributed by atoms with van der Waals surface area (Å²) in [6.07, 6.45) is 4.73. The van der Waals surface area contributed by atoms with Crippen molar-refractivity contribution in [1.29, 1.82) is 0 Å². The number of rotatable bonds is 12. The van der Waals surface area contributed by atoms with Gasteiger partial charge in [-0.1, -0.05) is 30.8 Å². The molecule has 3 aromatic carbocycles. The van der Waals surface area contributed by atoms with Gasteiger partial charge in [-0.15, -0.1) is 0 Å². The van der Waals surface area contributed by atoms with E-state index in [0.29, 0.717) is 47.2 Å². The molecule has 3 saturated heterocycles. The van der Waals surface area contributed by atoms with E-state index in [2.05, 4.69) is 37.7 Å². The highest BCUT2D eigenvalue weighted by atomic mass is 32.2. The molecule has 6 heterocycles. The maximum Gasteiger partial charge on any atom is 0.301 e. The second kappa shape index (κ2) is 16.7. The van der Waals surface area contributed by atoms with Crippen LogP contribution in [0, 0.1) is 11.6 Å². The SMILES string of the molecule is C=C1CCC(N2Cc3cc(CCCN4CCN(c5ccc(-c6cnc7[nH]cc(C(=O)c8c(F)ccc(NS(=O)(=O)N9CC[C@@H](F)C9)c8F)c7c6)cc5)CC4)ccc3C2=O)C(=O)N1. The largest absolute Gasteiger partial charge is 0.369 e. The molecule has 1 unspecified atom stereocenters. The molecule has 13 nitrogen and oxygen atoms in total. The van der Waals surface area contributed by atoms with Crippen LogP contribution in [-0.4, -0.2) is 108 Å². The average molecular weight is 867 g/mol. The number of hydrogen-bond donors (Lipinski definition) is 3.